The molecular formula is C31H34N4O5. The molecule has 5 rings (SSSR count). The number of rotatable bonds is 7. The molecule has 0 aromatic heterocycles. The van der Waals surface area contributed by atoms with Crippen molar-refractivity contribution in [2.24, 2.45) is 4.99 Å². The molecule has 2 aliphatic rings. The third-order valence-corrected chi connectivity index (χ3v) is 6.68. The van der Waals surface area contributed by atoms with Gasteiger partial charge in [0, 0.05) is 63.5 Å². The van der Waals surface area contributed by atoms with Gasteiger partial charge in [0.25, 0.3) is 0 Å². The van der Waals surface area contributed by atoms with E-state index >= 15 is 0 Å². The number of carboxylic acid groups (broad SMARTS) is 2. The zero-order chi connectivity index (χ0) is 28.3. The van der Waals surface area contributed by atoms with Crippen LogP contribution in [0.15, 0.2) is 96.0 Å². The van der Waals surface area contributed by atoms with E-state index in [1.54, 1.807) is 7.11 Å². The van der Waals surface area contributed by atoms with E-state index in [0.717, 1.165) is 63.2 Å². The summed E-state index contributed by atoms with van der Waals surface area (Å²) in [5.74, 6) is -0.507. The monoisotopic (exact) mass is 542 g/mol. The van der Waals surface area contributed by atoms with E-state index in [4.69, 9.17) is 19.9 Å². The molecule has 0 aliphatic carbocycles. The molecule has 0 unspecified atom stereocenters. The molecule has 3 aromatic carbocycles. The fraction of sp³-hybridized carbons (Fsp3) is 0.258. The Kier molecular flexibility index (Phi) is 9.90. The predicted octanol–water partition coefficient (Wildman–Crippen LogP) is 4.23. The summed E-state index contributed by atoms with van der Waals surface area (Å²) in [5, 5.41) is 15.6. The normalized spacial score (nSPS) is 15.1. The van der Waals surface area contributed by atoms with Gasteiger partial charge in [0.15, 0.2) is 0 Å². The van der Waals surface area contributed by atoms with Gasteiger partial charge in [-0.05, 0) is 23.3 Å². The minimum Gasteiger partial charge on any atom is -0.496 e. The van der Waals surface area contributed by atoms with Crippen LogP contribution in [0.25, 0.3) is 0 Å². The summed E-state index contributed by atoms with van der Waals surface area (Å²) in [4.78, 5) is 31.6. The van der Waals surface area contributed by atoms with E-state index < -0.39 is 11.9 Å². The van der Waals surface area contributed by atoms with Gasteiger partial charge in [-0.1, -0.05) is 66.7 Å². The Morgan fingerprint density at radius 1 is 0.825 bits per heavy atom. The van der Waals surface area contributed by atoms with Crippen molar-refractivity contribution >= 4 is 23.6 Å². The Bertz CT molecular complexity index is 1330. The lowest BCUT2D eigenvalue weighted by atomic mass is 10.1. The van der Waals surface area contributed by atoms with Crippen molar-refractivity contribution in [3.8, 4) is 5.75 Å². The Balaban J connectivity index is 0.000000406. The lowest BCUT2D eigenvalue weighted by molar-refractivity contribution is -0.134. The molecule has 2 aliphatic heterocycles. The minimum absolute atomic E-state index is 0.558. The molecule has 208 valence electrons. The fourth-order valence-electron chi connectivity index (χ4n) is 4.74. The smallest absolute Gasteiger partial charge is 0.328 e. The van der Waals surface area contributed by atoms with Crippen LogP contribution in [-0.2, 0) is 29.2 Å². The quantitative estimate of drug-likeness (QED) is 0.428. The highest BCUT2D eigenvalue weighted by molar-refractivity contribution is 5.89. The van der Waals surface area contributed by atoms with Gasteiger partial charge in [-0.15, -0.1) is 0 Å². The number of benzene rings is 3. The third kappa shape index (κ3) is 7.94. The zero-order valence-electron chi connectivity index (χ0n) is 22.5. The molecule has 0 amide bonds. The largest absolute Gasteiger partial charge is 0.496 e. The van der Waals surface area contributed by atoms with Gasteiger partial charge >= 0.3 is 11.9 Å². The number of piperazine rings is 1. The number of nitrogens with zero attached hydrogens (tertiary/aromatic N) is 4. The van der Waals surface area contributed by atoms with Crippen LogP contribution in [0.1, 0.15) is 16.7 Å². The number of para-hydroxylation sites is 2. The average Bonchev–Trinajstić information content (AvgIpc) is 2.97. The molecule has 0 atom stereocenters. The van der Waals surface area contributed by atoms with Crippen LogP contribution in [-0.4, -0.2) is 76.1 Å². The first-order valence-electron chi connectivity index (χ1n) is 13.1. The van der Waals surface area contributed by atoms with Gasteiger partial charge in [-0.3, -0.25) is 4.90 Å². The van der Waals surface area contributed by atoms with Crippen molar-refractivity contribution < 1.29 is 24.5 Å². The minimum atomic E-state index is -1.26. The number of fused-ring (bicyclic) bond motifs is 1. The van der Waals surface area contributed by atoms with Crippen LogP contribution in [0.4, 0.5) is 5.69 Å². The highest BCUT2D eigenvalue weighted by Crippen LogP contribution is 2.30. The topological polar surface area (TPSA) is 106 Å². The van der Waals surface area contributed by atoms with Crippen molar-refractivity contribution in [1.29, 1.82) is 0 Å². The van der Waals surface area contributed by atoms with E-state index in [-0.39, 0.29) is 0 Å². The highest BCUT2D eigenvalue weighted by Gasteiger charge is 2.28. The second kappa shape index (κ2) is 14.0. The molecule has 0 radical (unpaired) electrons. The lowest BCUT2D eigenvalue weighted by Gasteiger charge is -2.41. The van der Waals surface area contributed by atoms with Gasteiger partial charge in [0.2, 0.25) is 5.96 Å². The van der Waals surface area contributed by atoms with Crippen molar-refractivity contribution in [3.05, 3.63) is 108 Å². The molecule has 9 heteroatoms. The predicted molar refractivity (Wildman–Crippen MR) is 153 cm³/mol. The number of hydrogen-bond donors (Lipinski definition) is 2. The summed E-state index contributed by atoms with van der Waals surface area (Å²) < 4.78 is 5.62. The third-order valence-electron chi connectivity index (χ3n) is 6.68. The van der Waals surface area contributed by atoms with Crippen LogP contribution in [0, 0.1) is 0 Å². The molecule has 0 spiro atoms. The second-order valence-corrected chi connectivity index (χ2v) is 9.47. The molecule has 1 fully saturated rings. The maximum atomic E-state index is 9.55. The number of aliphatic carboxylic acids is 2. The first kappa shape index (κ1) is 28.4. The fourth-order valence-corrected chi connectivity index (χ4v) is 4.74. The number of ether oxygens (including phenoxy) is 1. The number of carbonyl (C=O) groups is 2. The van der Waals surface area contributed by atoms with Gasteiger partial charge in [0.05, 0.1) is 12.8 Å². The van der Waals surface area contributed by atoms with E-state index in [2.05, 4.69) is 81.4 Å². The first-order valence-corrected chi connectivity index (χ1v) is 13.1. The van der Waals surface area contributed by atoms with Crippen molar-refractivity contribution in [1.82, 2.24) is 14.7 Å². The summed E-state index contributed by atoms with van der Waals surface area (Å²) in [6, 6.07) is 27.5. The van der Waals surface area contributed by atoms with Crippen molar-refractivity contribution in [2.45, 2.75) is 19.6 Å². The summed E-state index contributed by atoms with van der Waals surface area (Å²) in [6.45, 7) is 6.69. The number of carboxylic acids is 2. The van der Waals surface area contributed by atoms with Crippen LogP contribution >= 0.6 is 0 Å². The molecule has 1 saturated heterocycles. The summed E-state index contributed by atoms with van der Waals surface area (Å²) >= 11 is 0. The number of hydrogen-bond acceptors (Lipinski definition) is 7. The van der Waals surface area contributed by atoms with Crippen molar-refractivity contribution in [2.75, 3.05) is 33.3 Å². The number of methoxy groups -OCH3 is 1. The maximum Gasteiger partial charge on any atom is 0.328 e. The van der Waals surface area contributed by atoms with Crippen LogP contribution in [0.5, 0.6) is 5.75 Å². The summed E-state index contributed by atoms with van der Waals surface area (Å²) in [5.41, 5.74) is 4.92. The van der Waals surface area contributed by atoms with Gasteiger partial charge in [-0.25, -0.2) is 14.6 Å². The molecular weight excluding hydrogens is 508 g/mol. The molecule has 2 heterocycles. The number of aliphatic imine (C=N–C) groups is 1. The van der Waals surface area contributed by atoms with Crippen LogP contribution in [0.2, 0.25) is 0 Å². The molecule has 40 heavy (non-hydrogen) atoms. The van der Waals surface area contributed by atoms with Gasteiger partial charge in [0.1, 0.15) is 5.75 Å². The number of guanidine groups is 1. The summed E-state index contributed by atoms with van der Waals surface area (Å²) in [6.07, 6.45) is 1.12. The second-order valence-electron chi connectivity index (χ2n) is 9.47. The van der Waals surface area contributed by atoms with E-state index in [0.29, 0.717) is 12.2 Å². The first-order chi connectivity index (χ1) is 19.4. The molecule has 2 N–H and O–H groups in total. The van der Waals surface area contributed by atoms with E-state index in [1.807, 2.05) is 12.1 Å². The summed E-state index contributed by atoms with van der Waals surface area (Å²) in [7, 11) is 1.74. The van der Waals surface area contributed by atoms with Crippen LogP contribution in [0.3, 0.4) is 0 Å². The van der Waals surface area contributed by atoms with E-state index in [9.17, 15) is 9.59 Å². The standard InChI is InChI=1S/C27H30N4O.C4H4O4/c1-32-26-14-8-6-12-24(26)21-31-20-23-11-5-7-13-25(23)28-27(31)30-17-15-29(16-18-30)19-22-9-3-2-4-10-22;5-3(6)1-2-4(7)8/h2-14H,15-21H2,1H3;1-2H,(H,5,6)(H,7,8). The maximum absolute atomic E-state index is 9.55. The SMILES string of the molecule is COc1ccccc1CN1Cc2ccccc2N=C1N1CCN(Cc2ccccc2)CC1.O=C(O)C=CC(=O)O. The van der Waals surface area contributed by atoms with Gasteiger partial charge in [-0.2, -0.15) is 0 Å². The van der Waals surface area contributed by atoms with Gasteiger partial charge < -0.3 is 24.7 Å². The molecule has 3 aromatic rings. The molecule has 0 saturated carbocycles. The average molecular weight is 543 g/mol. The Morgan fingerprint density at radius 3 is 2.12 bits per heavy atom. The van der Waals surface area contributed by atoms with Crippen molar-refractivity contribution in [3.63, 3.8) is 0 Å². The highest BCUT2D eigenvalue weighted by atomic mass is 16.5. The zero-order valence-corrected chi connectivity index (χ0v) is 22.5. The van der Waals surface area contributed by atoms with E-state index in [1.165, 1.54) is 16.7 Å². The Morgan fingerprint density at radius 2 is 1.45 bits per heavy atom. The Labute approximate surface area is 234 Å². The molecule has 9 nitrogen and oxygen atoms in total. The lowest BCUT2D eigenvalue weighted by Crippen LogP contribution is -2.53. The Hall–Kier alpha value is -4.63. The molecule has 0 bridgehead atoms. The van der Waals surface area contributed by atoms with Crippen LogP contribution < -0.4 is 4.74 Å².